The number of hydrogen-bond acceptors (Lipinski definition) is 3. The second kappa shape index (κ2) is 8.17. The first-order valence-corrected chi connectivity index (χ1v) is 6.39. The van der Waals surface area contributed by atoms with Gasteiger partial charge >= 0.3 is 0 Å². The molecule has 1 aromatic rings. The minimum Gasteiger partial charge on any atom is -0.508 e. The zero-order chi connectivity index (χ0) is 14.1. The number of benzene rings is 1. The molecule has 1 amide bonds. The Kier molecular flexibility index (Phi) is 6.48. The summed E-state index contributed by atoms with van der Waals surface area (Å²) in [4.78, 5) is 11.8. The highest BCUT2D eigenvalue weighted by molar-refractivity contribution is 5.79. The van der Waals surface area contributed by atoms with E-state index in [4.69, 9.17) is 17.3 Å². The quantitative estimate of drug-likeness (QED) is 0.509. The molecule has 0 radical (unpaired) electrons. The molecule has 4 nitrogen and oxygen atoms in total. The number of nitrogens with one attached hydrogen (secondary N) is 1. The van der Waals surface area contributed by atoms with Crippen molar-refractivity contribution < 1.29 is 9.90 Å². The maximum atomic E-state index is 11.8. The average Bonchev–Trinajstić information content (AvgIpc) is 2.40. The van der Waals surface area contributed by atoms with Crippen molar-refractivity contribution in [3.8, 4) is 18.1 Å². The number of aromatic hydroxyl groups is 1. The third kappa shape index (κ3) is 5.94. The molecule has 0 aliphatic rings. The maximum absolute atomic E-state index is 11.8. The Bertz CT molecular complexity index is 434. The monoisotopic (exact) mass is 260 g/mol. The average molecular weight is 260 g/mol. The fourth-order valence-electron chi connectivity index (χ4n) is 1.73. The third-order valence-corrected chi connectivity index (χ3v) is 2.78. The number of carbonyl (C=O) groups excluding carboxylic acids is 1. The van der Waals surface area contributed by atoms with Crippen LogP contribution in [0.1, 0.15) is 24.8 Å². The molecular formula is C15H20N2O2. The molecule has 1 aromatic carbocycles. The van der Waals surface area contributed by atoms with Gasteiger partial charge in [0.15, 0.2) is 0 Å². The highest BCUT2D eigenvalue weighted by atomic mass is 16.3. The minimum absolute atomic E-state index is 0.110. The van der Waals surface area contributed by atoms with Gasteiger partial charge in [0.25, 0.3) is 0 Å². The Morgan fingerprint density at radius 1 is 1.37 bits per heavy atom. The van der Waals surface area contributed by atoms with E-state index in [0.717, 1.165) is 24.8 Å². The summed E-state index contributed by atoms with van der Waals surface area (Å²) in [6.07, 6.45) is 8.21. The van der Waals surface area contributed by atoms with Gasteiger partial charge in [0.2, 0.25) is 5.91 Å². The molecule has 0 saturated heterocycles. The number of rotatable bonds is 7. The molecule has 0 fully saturated rings. The molecule has 0 aliphatic carbocycles. The number of phenolic OH excluding ortho intramolecular Hbond substituents is 1. The summed E-state index contributed by atoms with van der Waals surface area (Å²) >= 11 is 0. The topological polar surface area (TPSA) is 75.3 Å². The van der Waals surface area contributed by atoms with Gasteiger partial charge in [-0.25, -0.2) is 0 Å². The first kappa shape index (κ1) is 15.1. The zero-order valence-electron chi connectivity index (χ0n) is 10.9. The van der Waals surface area contributed by atoms with E-state index in [1.54, 1.807) is 24.3 Å². The molecule has 0 bridgehead atoms. The molecule has 102 valence electrons. The number of nitrogens with two attached hydrogens (primary N) is 1. The van der Waals surface area contributed by atoms with Crippen LogP contribution in [0.15, 0.2) is 24.3 Å². The van der Waals surface area contributed by atoms with Gasteiger partial charge in [-0.05, 0) is 43.5 Å². The van der Waals surface area contributed by atoms with Gasteiger partial charge in [-0.2, -0.15) is 0 Å². The second-order valence-electron chi connectivity index (χ2n) is 4.41. The summed E-state index contributed by atoms with van der Waals surface area (Å²) in [5.41, 5.74) is 6.25. The zero-order valence-corrected chi connectivity index (χ0v) is 10.9. The fourth-order valence-corrected chi connectivity index (χ4v) is 1.73. The van der Waals surface area contributed by atoms with Crippen LogP contribution < -0.4 is 11.1 Å². The summed E-state index contributed by atoms with van der Waals surface area (Å²) in [6, 6.07) is 6.31. The number of unbranched alkanes of at least 4 members (excludes halogenated alkanes) is 1. The predicted octanol–water partition coefficient (Wildman–Crippen LogP) is 1.18. The van der Waals surface area contributed by atoms with E-state index in [1.165, 1.54) is 0 Å². The number of amides is 1. The van der Waals surface area contributed by atoms with Crippen LogP contribution in [0.5, 0.6) is 5.75 Å². The van der Waals surface area contributed by atoms with Gasteiger partial charge in [0.05, 0.1) is 12.5 Å². The van der Waals surface area contributed by atoms with Crippen LogP contribution in [-0.2, 0) is 11.2 Å². The van der Waals surface area contributed by atoms with Crippen molar-refractivity contribution >= 4 is 5.91 Å². The van der Waals surface area contributed by atoms with E-state index in [9.17, 15) is 4.79 Å². The Morgan fingerprint density at radius 3 is 2.63 bits per heavy atom. The molecule has 1 unspecified atom stereocenters. The fraction of sp³-hybridized carbons (Fsp3) is 0.400. The second-order valence-corrected chi connectivity index (χ2v) is 4.41. The summed E-state index contributed by atoms with van der Waals surface area (Å²) in [5.74, 6) is 2.65. The van der Waals surface area contributed by atoms with Crippen molar-refractivity contribution in [2.75, 3.05) is 6.54 Å². The van der Waals surface area contributed by atoms with Crippen molar-refractivity contribution in [1.82, 2.24) is 5.32 Å². The van der Waals surface area contributed by atoms with E-state index >= 15 is 0 Å². The molecule has 0 aromatic heterocycles. The van der Waals surface area contributed by atoms with Crippen LogP contribution in [0.2, 0.25) is 0 Å². The van der Waals surface area contributed by atoms with Crippen molar-refractivity contribution in [3.63, 3.8) is 0 Å². The smallest absolute Gasteiger partial charge is 0.225 e. The van der Waals surface area contributed by atoms with E-state index in [0.29, 0.717) is 6.54 Å². The van der Waals surface area contributed by atoms with Crippen LogP contribution in [0.25, 0.3) is 0 Å². The van der Waals surface area contributed by atoms with Gasteiger partial charge in [-0.1, -0.05) is 18.1 Å². The maximum Gasteiger partial charge on any atom is 0.225 e. The predicted molar refractivity (Wildman–Crippen MR) is 75.5 cm³/mol. The standard InChI is InChI=1S/C15H20N2O2/c1-2-13(5-3-4-10-16)17-15(19)11-12-6-8-14(18)9-7-12/h1,6-9,13,18H,3-5,10-11,16H2,(H,17,19). The van der Waals surface area contributed by atoms with E-state index in [1.807, 2.05) is 0 Å². The van der Waals surface area contributed by atoms with E-state index in [2.05, 4.69) is 11.2 Å². The SMILES string of the molecule is C#CC(CCCCN)NC(=O)Cc1ccc(O)cc1. The van der Waals surface area contributed by atoms with Crippen molar-refractivity contribution in [2.24, 2.45) is 5.73 Å². The molecule has 0 aliphatic heterocycles. The number of carbonyl (C=O) groups is 1. The lowest BCUT2D eigenvalue weighted by Crippen LogP contribution is -2.34. The van der Waals surface area contributed by atoms with Crippen LogP contribution in [0.4, 0.5) is 0 Å². The summed E-state index contributed by atoms with van der Waals surface area (Å²) in [6.45, 7) is 0.638. The van der Waals surface area contributed by atoms with Gasteiger partial charge < -0.3 is 16.2 Å². The largest absolute Gasteiger partial charge is 0.508 e. The Morgan fingerprint density at radius 2 is 2.05 bits per heavy atom. The van der Waals surface area contributed by atoms with Crippen LogP contribution >= 0.6 is 0 Å². The first-order valence-electron chi connectivity index (χ1n) is 6.39. The van der Waals surface area contributed by atoms with Gasteiger partial charge in [0.1, 0.15) is 5.75 Å². The Labute approximate surface area is 114 Å². The van der Waals surface area contributed by atoms with Crippen LogP contribution in [0, 0.1) is 12.3 Å². The lowest BCUT2D eigenvalue weighted by Gasteiger charge is -2.12. The number of phenols is 1. The lowest BCUT2D eigenvalue weighted by molar-refractivity contribution is -0.120. The van der Waals surface area contributed by atoms with Gasteiger partial charge in [0, 0.05) is 0 Å². The van der Waals surface area contributed by atoms with Crippen molar-refractivity contribution in [3.05, 3.63) is 29.8 Å². The van der Waals surface area contributed by atoms with Gasteiger partial charge in [-0.15, -0.1) is 6.42 Å². The molecule has 1 rings (SSSR count). The molecule has 4 heteroatoms. The van der Waals surface area contributed by atoms with Crippen molar-refractivity contribution in [2.45, 2.75) is 31.7 Å². The third-order valence-electron chi connectivity index (χ3n) is 2.78. The molecular weight excluding hydrogens is 240 g/mol. The van der Waals surface area contributed by atoms with Gasteiger partial charge in [-0.3, -0.25) is 4.79 Å². The molecule has 0 saturated carbocycles. The molecule has 0 heterocycles. The highest BCUT2D eigenvalue weighted by Crippen LogP contribution is 2.10. The first-order chi connectivity index (χ1) is 9.15. The van der Waals surface area contributed by atoms with Crippen LogP contribution in [-0.4, -0.2) is 23.6 Å². The Hall–Kier alpha value is -1.99. The Balaban J connectivity index is 2.40. The van der Waals surface area contributed by atoms with Crippen molar-refractivity contribution in [1.29, 1.82) is 0 Å². The molecule has 19 heavy (non-hydrogen) atoms. The molecule has 4 N–H and O–H groups in total. The summed E-state index contributed by atoms with van der Waals surface area (Å²) in [7, 11) is 0. The number of hydrogen-bond donors (Lipinski definition) is 3. The molecule has 1 atom stereocenters. The number of terminal acetylenes is 1. The summed E-state index contributed by atoms with van der Waals surface area (Å²) < 4.78 is 0. The normalized spacial score (nSPS) is 11.6. The lowest BCUT2D eigenvalue weighted by atomic mass is 10.1. The van der Waals surface area contributed by atoms with E-state index in [-0.39, 0.29) is 24.1 Å². The highest BCUT2D eigenvalue weighted by Gasteiger charge is 2.09. The minimum atomic E-state index is -0.240. The van der Waals surface area contributed by atoms with Crippen LogP contribution in [0.3, 0.4) is 0 Å². The summed E-state index contributed by atoms with van der Waals surface area (Å²) in [5, 5.41) is 12.0. The molecule has 0 spiro atoms. The van der Waals surface area contributed by atoms with E-state index < -0.39 is 0 Å².